The molecule has 9 heavy (non-hydrogen) atoms. The molecule has 0 heterocycles. The average molecular weight is 153 g/mol. The number of Topliss-reactive ketones (excluding diaryl/α,β-unsaturated/α-hetero) is 1. The van der Waals surface area contributed by atoms with E-state index in [9.17, 15) is 9.59 Å². The van der Waals surface area contributed by atoms with Crippen molar-refractivity contribution in [3.05, 3.63) is 0 Å². The highest BCUT2D eigenvalue weighted by Crippen LogP contribution is 1.90. The summed E-state index contributed by atoms with van der Waals surface area (Å²) >= 11 is 5.23. The minimum atomic E-state index is -0.370. The lowest BCUT2D eigenvalue weighted by Gasteiger charge is -1.84. The molecule has 0 amide bonds. The van der Waals surface area contributed by atoms with Crippen molar-refractivity contribution in [3.8, 4) is 0 Å². The van der Waals surface area contributed by atoms with E-state index in [1.165, 1.54) is 0 Å². The van der Waals surface area contributed by atoms with Crippen LogP contribution in [0.3, 0.4) is 0 Å². The molecular formula is C5H9ClO3. The lowest BCUT2D eigenvalue weighted by molar-refractivity contribution is -0.129. The van der Waals surface area contributed by atoms with Crippen LogP contribution in [0.2, 0.25) is 0 Å². The fourth-order valence-corrected chi connectivity index (χ4v) is 0.434. The van der Waals surface area contributed by atoms with Gasteiger partial charge in [-0.3, -0.25) is 9.59 Å². The number of carbonyl (C=O) groups excluding carboxylic acids is 2. The summed E-state index contributed by atoms with van der Waals surface area (Å²) in [6.07, 6.45) is 1.21. The Morgan fingerprint density at radius 2 is 2.11 bits per heavy atom. The number of carbonyl (C=O) groups is 2. The van der Waals surface area contributed by atoms with Crippen molar-refractivity contribution in [2.75, 3.05) is 5.88 Å². The van der Waals surface area contributed by atoms with Crippen molar-refractivity contribution in [3.63, 3.8) is 0 Å². The molecule has 0 aliphatic heterocycles. The summed E-state index contributed by atoms with van der Waals surface area (Å²) < 4.78 is 0. The molecule has 3 nitrogen and oxygen atoms in total. The Bertz CT molecular complexity index is 92.2. The number of ketones is 1. The normalized spacial score (nSPS) is 7.67. The molecule has 0 fully saturated rings. The van der Waals surface area contributed by atoms with Gasteiger partial charge < -0.3 is 5.48 Å². The monoisotopic (exact) mass is 152 g/mol. The molecule has 0 aliphatic rings. The number of hydrogen-bond donors (Lipinski definition) is 0. The second-order valence-corrected chi connectivity index (χ2v) is 1.75. The molecule has 0 radical (unpaired) electrons. The molecule has 0 spiro atoms. The summed E-state index contributed by atoms with van der Waals surface area (Å²) in [6.45, 7) is 0. The van der Waals surface area contributed by atoms with Crippen LogP contribution < -0.4 is 0 Å². The molecule has 0 unspecified atom stereocenters. The van der Waals surface area contributed by atoms with Crippen molar-refractivity contribution in [1.29, 1.82) is 0 Å². The zero-order chi connectivity index (χ0) is 6.41. The largest absolute Gasteiger partial charge is 0.412 e. The van der Waals surface area contributed by atoms with Crippen LogP contribution in [0.15, 0.2) is 0 Å². The SMILES string of the molecule is O.O=CC(=O)CCCCl. The van der Waals surface area contributed by atoms with Crippen LogP contribution in [0.4, 0.5) is 0 Å². The maximum absolute atomic E-state index is 10.1. The smallest absolute Gasteiger partial charge is 0.195 e. The van der Waals surface area contributed by atoms with Crippen molar-refractivity contribution < 1.29 is 15.1 Å². The molecule has 2 N–H and O–H groups in total. The van der Waals surface area contributed by atoms with E-state index in [0.717, 1.165) is 0 Å². The lowest BCUT2D eigenvalue weighted by atomic mass is 10.2. The predicted octanol–water partition coefficient (Wildman–Crippen LogP) is -0.0513. The zero-order valence-corrected chi connectivity index (χ0v) is 5.65. The average Bonchev–Trinajstić information content (AvgIpc) is 1.83. The fraction of sp³-hybridized carbons (Fsp3) is 0.600. The number of halogens is 1. The topological polar surface area (TPSA) is 65.6 Å². The lowest BCUT2D eigenvalue weighted by Crippen LogP contribution is -1.97. The van der Waals surface area contributed by atoms with Gasteiger partial charge in [-0.1, -0.05) is 0 Å². The number of alkyl halides is 1. The van der Waals surface area contributed by atoms with Gasteiger partial charge in [-0.25, -0.2) is 0 Å². The molecule has 0 aliphatic carbocycles. The maximum atomic E-state index is 10.1. The van der Waals surface area contributed by atoms with Crippen LogP contribution in [0, 0.1) is 0 Å². The quantitative estimate of drug-likeness (QED) is 0.322. The zero-order valence-electron chi connectivity index (χ0n) is 4.89. The minimum absolute atomic E-state index is 0. The first-order valence-corrected chi connectivity index (χ1v) is 2.88. The van der Waals surface area contributed by atoms with Crippen molar-refractivity contribution in [2.24, 2.45) is 0 Å². The summed E-state index contributed by atoms with van der Waals surface area (Å²) in [6, 6.07) is 0. The van der Waals surface area contributed by atoms with E-state index < -0.39 is 0 Å². The number of hydrogen-bond acceptors (Lipinski definition) is 2. The molecule has 0 saturated carbocycles. The van der Waals surface area contributed by atoms with E-state index >= 15 is 0 Å². The molecule has 54 valence electrons. The van der Waals surface area contributed by atoms with E-state index in [4.69, 9.17) is 11.6 Å². The Kier molecular flexibility index (Phi) is 9.61. The highest BCUT2D eigenvalue weighted by Gasteiger charge is 1.95. The van der Waals surface area contributed by atoms with E-state index in [0.29, 0.717) is 18.6 Å². The third-order valence-electron chi connectivity index (χ3n) is 0.688. The first kappa shape index (κ1) is 11.4. The Balaban J connectivity index is 0. The van der Waals surface area contributed by atoms with Crippen LogP contribution in [0.25, 0.3) is 0 Å². The van der Waals surface area contributed by atoms with Crippen LogP contribution in [0.1, 0.15) is 12.8 Å². The van der Waals surface area contributed by atoms with Crippen LogP contribution in [0.5, 0.6) is 0 Å². The van der Waals surface area contributed by atoms with Gasteiger partial charge in [0.15, 0.2) is 12.1 Å². The van der Waals surface area contributed by atoms with E-state index in [1.807, 2.05) is 0 Å². The molecule has 0 bridgehead atoms. The molecule has 0 saturated heterocycles. The Hall–Kier alpha value is -0.410. The third-order valence-corrected chi connectivity index (χ3v) is 0.956. The number of rotatable bonds is 4. The van der Waals surface area contributed by atoms with Gasteiger partial charge in [0, 0.05) is 12.3 Å². The van der Waals surface area contributed by atoms with E-state index in [1.54, 1.807) is 0 Å². The molecule has 0 rings (SSSR count). The predicted molar refractivity (Wildman–Crippen MR) is 34.6 cm³/mol. The number of aldehydes is 1. The van der Waals surface area contributed by atoms with Crippen molar-refractivity contribution in [1.82, 2.24) is 0 Å². The van der Waals surface area contributed by atoms with Crippen molar-refractivity contribution in [2.45, 2.75) is 12.8 Å². The summed E-state index contributed by atoms with van der Waals surface area (Å²) in [7, 11) is 0. The van der Waals surface area contributed by atoms with E-state index in [2.05, 4.69) is 0 Å². The highest BCUT2D eigenvalue weighted by molar-refractivity contribution is 6.25. The van der Waals surface area contributed by atoms with Gasteiger partial charge in [-0.15, -0.1) is 11.6 Å². The summed E-state index contributed by atoms with van der Waals surface area (Å²) in [5.74, 6) is 0.0743. The summed E-state index contributed by atoms with van der Waals surface area (Å²) in [5, 5.41) is 0. The second-order valence-electron chi connectivity index (χ2n) is 1.38. The van der Waals surface area contributed by atoms with Gasteiger partial charge in [0.05, 0.1) is 0 Å². The Morgan fingerprint density at radius 1 is 1.56 bits per heavy atom. The van der Waals surface area contributed by atoms with Gasteiger partial charge in [0.25, 0.3) is 0 Å². The van der Waals surface area contributed by atoms with Gasteiger partial charge in [-0.2, -0.15) is 0 Å². The van der Waals surface area contributed by atoms with Crippen molar-refractivity contribution >= 4 is 23.7 Å². The molecule has 0 aromatic rings. The Labute approximate surface area is 58.3 Å². The maximum Gasteiger partial charge on any atom is 0.195 e. The van der Waals surface area contributed by atoms with E-state index in [-0.39, 0.29) is 17.7 Å². The van der Waals surface area contributed by atoms with Crippen LogP contribution in [-0.4, -0.2) is 23.4 Å². The molecule has 0 atom stereocenters. The van der Waals surface area contributed by atoms with Gasteiger partial charge in [0.2, 0.25) is 0 Å². The Morgan fingerprint density at radius 3 is 2.44 bits per heavy atom. The standard InChI is InChI=1S/C5H7ClO2.H2O/c6-3-1-2-5(8)4-7;/h4H,1-3H2;1H2. The van der Waals surface area contributed by atoms with Gasteiger partial charge >= 0.3 is 0 Å². The highest BCUT2D eigenvalue weighted by atomic mass is 35.5. The first-order chi connectivity index (χ1) is 3.81. The second kappa shape index (κ2) is 7.59. The molecule has 0 aromatic heterocycles. The summed E-state index contributed by atoms with van der Waals surface area (Å²) in [5.41, 5.74) is 0. The van der Waals surface area contributed by atoms with Gasteiger partial charge in [-0.05, 0) is 6.42 Å². The third kappa shape index (κ3) is 7.59. The van der Waals surface area contributed by atoms with Gasteiger partial charge in [0.1, 0.15) is 0 Å². The molecular weight excluding hydrogens is 144 g/mol. The molecule has 0 aromatic carbocycles. The molecule has 4 heteroatoms. The first-order valence-electron chi connectivity index (χ1n) is 2.35. The van der Waals surface area contributed by atoms with Crippen LogP contribution >= 0.6 is 11.6 Å². The minimum Gasteiger partial charge on any atom is -0.412 e. The fourth-order valence-electron chi connectivity index (χ4n) is 0.300. The summed E-state index contributed by atoms with van der Waals surface area (Å²) in [4.78, 5) is 19.8. The van der Waals surface area contributed by atoms with Crippen LogP contribution in [-0.2, 0) is 9.59 Å².